The van der Waals surface area contributed by atoms with Crippen LogP contribution < -0.4 is 10.1 Å². The number of carbonyl (C=O) groups excluding carboxylic acids is 2. The number of rotatable bonds is 8. The Morgan fingerprint density at radius 1 is 1.11 bits per heavy atom. The summed E-state index contributed by atoms with van der Waals surface area (Å²) >= 11 is 0. The molecule has 28 heavy (non-hydrogen) atoms. The number of benzene rings is 2. The van der Waals surface area contributed by atoms with Crippen molar-refractivity contribution in [3.8, 4) is 5.75 Å². The average Bonchev–Trinajstić information content (AvgIpc) is 2.68. The van der Waals surface area contributed by atoms with Crippen molar-refractivity contribution in [2.45, 2.75) is 40.3 Å². The van der Waals surface area contributed by atoms with E-state index in [1.807, 2.05) is 39.0 Å². The van der Waals surface area contributed by atoms with E-state index in [0.29, 0.717) is 12.3 Å². The fourth-order valence-electron chi connectivity index (χ4n) is 2.72. The molecule has 2 amide bonds. The zero-order chi connectivity index (χ0) is 20.7. The number of hydrogen-bond acceptors (Lipinski definition) is 3. The maximum Gasteiger partial charge on any atom is 0.261 e. The van der Waals surface area contributed by atoms with Crippen molar-refractivity contribution in [3.63, 3.8) is 0 Å². The minimum absolute atomic E-state index is 0.187. The van der Waals surface area contributed by atoms with Gasteiger partial charge in [0.25, 0.3) is 5.91 Å². The van der Waals surface area contributed by atoms with Gasteiger partial charge in [-0.05, 0) is 68.7 Å². The number of nitrogens with one attached hydrogen (secondary N) is 1. The topological polar surface area (TPSA) is 58.6 Å². The van der Waals surface area contributed by atoms with Crippen molar-refractivity contribution in [2.24, 2.45) is 0 Å². The monoisotopic (exact) mass is 386 g/mol. The van der Waals surface area contributed by atoms with Crippen molar-refractivity contribution in [2.75, 3.05) is 13.2 Å². The summed E-state index contributed by atoms with van der Waals surface area (Å²) in [6, 6.07) is 10.8. The van der Waals surface area contributed by atoms with Crippen LogP contribution in [-0.4, -0.2) is 35.9 Å². The van der Waals surface area contributed by atoms with Crippen molar-refractivity contribution < 1.29 is 18.7 Å². The quantitative estimate of drug-likeness (QED) is 0.757. The summed E-state index contributed by atoms with van der Waals surface area (Å²) in [6.07, 6.45) is 0. The molecule has 2 aromatic rings. The number of hydrogen-bond donors (Lipinski definition) is 1. The summed E-state index contributed by atoms with van der Waals surface area (Å²) < 4.78 is 18.8. The molecule has 0 aliphatic rings. The molecule has 0 aromatic heterocycles. The highest BCUT2D eigenvalue weighted by atomic mass is 19.1. The molecule has 6 heteroatoms. The SMILES string of the molecule is CCNC(=O)[C@H](C)N(Cc1ccc(F)cc1)C(=O)COc1ccc(C)c(C)c1. The molecule has 0 heterocycles. The Labute approximate surface area is 165 Å². The Morgan fingerprint density at radius 3 is 2.39 bits per heavy atom. The molecule has 0 unspecified atom stereocenters. The highest BCUT2D eigenvalue weighted by Crippen LogP contribution is 2.17. The van der Waals surface area contributed by atoms with Gasteiger partial charge in [-0.2, -0.15) is 0 Å². The first-order valence-electron chi connectivity index (χ1n) is 9.33. The fraction of sp³-hybridized carbons (Fsp3) is 0.364. The van der Waals surface area contributed by atoms with Crippen LogP contribution >= 0.6 is 0 Å². The average molecular weight is 386 g/mol. The van der Waals surface area contributed by atoms with Gasteiger partial charge in [0.1, 0.15) is 17.6 Å². The first kappa shape index (κ1) is 21.4. The molecule has 0 spiro atoms. The molecule has 5 nitrogen and oxygen atoms in total. The van der Waals surface area contributed by atoms with E-state index in [4.69, 9.17) is 4.74 Å². The minimum Gasteiger partial charge on any atom is -0.484 e. The Hall–Kier alpha value is -2.89. The zero-order valence-electron chi connectivity index (χ0n) is 16.8. The second-order valence-corrected chi connectivity index (χ2v) is 6.75. The van der Waals surface area contributed by atoms with E-state index in [-0.39, 0.29) is 30.8 Å². The number of nitrogens with zero attached hydrogens (tertiary/aromatic N) is 1. The number of likely N-dealkylation sites (N-methyl/N-ethyl adjacent to an activating group) is 1. The van der Waals surface area contributed by atoms with E-state index in [2.05, 4.69) is 5.32 Å². The Morgan fingerprint density at radius 2 is 1.79 bits per heavy atom. The standard InChI is InChI=1S/C22H27FN2O3/c1-5-24-22(27)17(4)25(13-18-7-9-19(23)10-8-18)21(26)14-28-20-11-6-15(2)16(3)12-20/h6-12,17H,5,13-14H2,1-4H3,(H,24,27)/t17-/m0/s1. The molecule has 1 atom stereocenters. The molecule has 1 N–H and O–H groups in total. The van der Waals surface area contributed by atoms with Crippen molar-refractivity contribution in [1.82, 2.24) is 10.2 Å². The van der Waals surface area contributed by atoms with Crippen molar-refractivity contribution in [3.05, 3.63) is 65.0 Å². The molecule has 0 radical (unpaired) electrons. The summed E-state index contributed by atoms with van der Waals surface area (Å²) in [6.45, 7) is 7.94. The van der Waals surface area contributed by atoms with E-state index in [0.717, 1.165) is 16.7 Å². The minimum atomic E-state index is -0.680. The summed E-state index contributed by atoms with van der Waals surface area (Å²) in [5.41, 5.74) is 2.95. The lowest BCUT2D eigenvalue weighted by Crippen LogP contribution is -2.49. The molecular formula is C22H27FN2O3. The van der Waals surface area contributed by atoms with Crippen LogP contribution in [0.5, 0.6) is 5.75 Å². The van der Waals surface area contributed by atoms with E-state index in [1.165, 1.54) is 17.0 Å². The lowest BCUT2D eigenvalue weighted by Gasteiger charge is -2.28. The van der Waals surface area contributed by atoms with E-state index in [9.17, 15) is 14.0 Å². The predicted molar refractivity (Wildman–Crippen MR) is 107 cm³/mol. The third-order valence-electron chi connectivity index (χ3n) is 4.63. The molecule has 0 aliphatic heterocycles. The van der Waals surface area contributed by atoms with E-state index < -0.39 is 6.04 Å². The Balaban J connectivity index is 2.13. The molecule has 0 aliphatic carbocycles. The van der Waals surface area contributed by atoms with Crippen LogP contribution in [0.15, 0.2) is 42.5 Å². The Kier molecular flexibility index (Phi) is 7.55. The lowest BCUT2D eigenvalue weighted by atomic mass is 10.1. The second-order valence-electron chi connectivity index (χ2n) is 6.75. The summed E-state index contributed by atoms with van der Waals surface area (Å²) in [7, 11) is 0. The number of halogens is 1. The molecule has 0 saturated heterocycles. The summed E-state index contributed by atoms with van der Waals surface area (Å²) in [5, 5.41) is 2.73. The van der Waals surface area contributed by atoms with Crippen molar-refractivity contribution >= 4 is 11.8 Å². The highest BCUT2D eigenvalue weighted by molar-refractivity contribution is 5.87. The molecule has 0 fully saturated rings. The smallest absolute Gasteiger partial charge is 0.261 e. The lowest BCUT2D eigenvalue weighted by molar-refractivity contribution is -0.142. The maximum absolute atomic E-state index is 13.2. The van der Waals surface area contributed by atoms with Crippen LogP contribution in [0.4, 0.5) is 4.39 Å². The van der Waals surface area contributed by atoms with Gasteiger partial charge in [0, 0.05) is 13.1 Å². The van der Waals surface area contributed by atoms with Gasteiger partial charge in [-0.25, -0.2) is 4.39 Å². The van der Waals surface area contributed by atoms with Gasteiger partial charge in [-0.3, -0.25) is 9.59 Å². The number of amides is 2. The largest absolute Gasteiger partial charge is 0.484 e. The highest BCUT2D eigenvalue weighted by Gasteiger charge is 2.26. The van der Waals surface area contributed by atoms with Gasteiger partial charge in [-0.1, -0.05) is 18.2 Å². The van der Waals surface area contributed by atoms with Gasteiger partial charge in [-0.15, -0.1) is 0 Å². The van der Waals surface area contributed by atoms with Gasteiger partial charge >= 0.3 is 0 Å². The van der Waals surface area contributed by atoms with Crippen LogP contribution in [0.2, 0.25) is 0 Å². The predicted octanol–water partition coefficient (Wildman–Crippen LogP) is 3.37. The summed E-state index contributed by atoms with van der Waals surface area (Å²) in [4.78, 5) is 26.6. The van der Waals surface area contributed by atoms with Gasteiger partial charge in [0.15, 0.2) is 6.61 Å². The van der Waals surface area contributed by atoms with Crippen LogP contribution in [0.3, 0.4) is 0 Å². The van der Waals surface area contributed by atoms with Gasteiger partial charge in [0.2, 0.25) is 5.91 Å². The first-order chi connectivity index (χ1) is 13.3. The molecule has 0 saturated carbocycles. The van der Waals surface area contributed by atoms with Crippen LogP contribution in [0.1, 0.15) is 30.5 Å². The Bertz CT molecular complexity index is 821. The summed E-state index contributed by atoms with van der Waals surface area (Å²) in [5.74, 6) is -0.314. The van der Waals surface area contributed by atoms with E-state index >= 15 is 0 Å². The molecule has 2 aromatic carbocycles. The number of carbonyl (C=O) groups is 2. The third kappa shape index (κ3) is 5.81. The molecule has 150 valence electrons. The fourth-order valence-corrected chi connectivity index (χ4v) is 2.72. The normalized spacial score (nSPS) is 11.6. The van der Waals surface area contributed by atoms with Gasteiger partial charge < -0.3 is 15.0 Å². The van der Waals surface area contributed by atoms with Gasteiger partial charge in [0.05, 0.1) is 0 Å². The van der Waals surface area contributed by atoms with Crippen LogP contribution in [0, 0.1) is 19.7 Å². The van der Waals surface area contributed by atoms with E-state index in [1.54, 1.807) is 19.1 Å². The first-order valence-corrected chi connectivity index (χ1v) is 9.33. The zero-order valence-corrected chi connectivity index (χ0v) is 16.8. The third-order valence-corrected chi connectivity index (χ3v) is 4.63. The van der Waals surface area contributed by atoms with Crippen LogP contribution in [0.25, 0.3) is 0 Å². The second kappa shape index (κ2) is 9.88. The van der Waals surface area contributed by atoms with Crippen molar-refractivity contribution in [1.29, 1.82) is 0 Å². The number of ether oxygens (including phenoxy) is 1. The molecular weight excluding hydrogens is 359 g/mol. The molecule has 0 bridgehead atoms. The molecule has 2 rings (SSSR count). The number of aryl methyl sites for hydroxylation is 2. The maximum atomic E-state index is 13.2. The van der Waals surface area contributed by atoms with Crippen LogP contribution in [-0.2, 0) is 16.1 Å².